The van der Waals surface area contributed by atoms with Crippen molar-refractivity contribution in [3.05, 3.63) is 126 Å². The molecule has 1 saturated carbocycles. The van der Waals surface area contributed by atoms with Crippen molar-refractivity contribution in [2.24, 2.45) is 5.92 Å². The summed E-state index contributed by atoms with van der Waals surface area (Å²) in [4.78, 5) is 40.6. The first-order chi connectivity index (χ1) is 21.5. The van der Waals surface area contributed by atoms with Gasteiger partial charge in [0, 0.05) is 35.9 Å². The summed E-state index contributed by atoms with van der Waals surface area (Å²) < 4.78 is 16.3. The number of para-hydroxylation sites is 1. The normalized spacial score (nSPS) is 13.3. The number of nitrogens with zero attached hydrogens (tertiary/aromatic N) is 1. The maximum absolute atomic E-state index is 13.2. The van der Waals surface area contributed by atoms with E-state index in [-0.39, 0.29) is 11.7 Å². The van der Waals surface area contributed by atoms with Crippen LogP contribution in [0.25, 0.3) is 6.08 Å². The molecule has 0 unspecified atom stereocenters. The van der Waals surface area contributed by atoms with Crippen molar-refractivity contribution in [2.45, 2.75) is 25.3 Å². The third kappa shape index (κ3) is 8.47. The summed E-state index contributed by atoms with van der Waals surface area (Å²) in [5.41, 5.74) is 2.49. The number of amides is 1. The molecule has 1 N–H and O–H groups in total. The minimum atomic E-state index is -0.715. The van der Waals surface area contributed by atoms with Gasteiger partial charge in [-0.3, -0.25) is 9.59 Å². The van der Waals surface area contributed by atoms with Gasteiger partial charge in [0.2, 0.25) is 5.91 Å². The van der Waals surface area contributed by atoms with Crippen molar-refractivity contribution in [1.82, 2.24) is 4.90 Å². The Balaban J connectivity index is 1.18. The van der Waals surface area contributed by atoms with Crippen LogP contribution >= 0.6 is 0 Å². The second-order valence-electron chi connectivity index (χ2n) is 10.7. The number of hydrogen-bond acceptors (Lipinski definition) is 7. The summed E-state index contributed by atoms with van der Waals surface area (Å²) >= 11 is 0. The molecule has 0 spiro atoms. The first kappa shape index (κ1) is 30.4. The highest BCUT2D eigenvalue weighted by Gasteiger charge is 2.26. The van der Waals surface area contributed by atoms with Gasteiger partial charge in [0.15, 0.2) is 5.78 Å². The zero-order valence-electron chi connectivity index (χ0n) is 24.7. The third-order valence-corrected chi connectivity index (χ3v) is 7.44. The first-order valence-electron chi connectivity index (χ1n) is 14.8. The lowest BCUT2D eigenvalue weighted by Gasteiger charge is -2.21. The van der Waals surface area contributed by atoms with Gasteiger partial charge >= 0.3 is 5.97 Å². The van der Waals surface area contributed by atoms with Gasteiger partial charge in [0.05, 0.1) is 19.9 Å². The summed E-state index contributed by atoms with van der Waals surface area (Å²) in [6.07, 6.45) is 7.42. The molecule has 3 aromatic carbocycles. The average Bonchev–Trinajstić information content (AvgIpc) is 3.73. The maximum atomic E-state index is 13.2. The number of furan rings is 1. The van der Waals surface area contributed by atoms with Crippen molar-refractivity contribution >= 4 is 29.4 Å². The fraction of sp³-hybridized carbons (Fsp3) is 0.250. The van der Waals surface area contributed by atoms with Gasteiger partial charge in [-0.2, -0.15) is 0 Å². The smallest absolute Gasteiger partial charge is 0.328 e. The molecule has 1 aliphatic carbocycles. The number of carbonyl (C=O) groups is 3. The van der Waals surface area contributed by atoms with Crippen LogP contribution in [0.5, 0.6) is 5.75 Å². The second kappa shape index (κ2) is 14.9. The van der Waals surface area contributed by atoms with Crippen LogP contribution in [0.15, 0.2) is 108 Å². The van der Waals surface area contributed by atoms with Gasteiger partial charge in [0.1, 0.15) is 24.2 Å². The maximum Gasteiger partial charge on any atom is 0.328 e. The molecule has 4 aromatic rings. The lowest BCUT2D eigenvalue weighted by Crippen LogP contribution is -2.35. The van der Waals surface area contributed by atoms with Crippen LogP contribution < -0.4 is 10.1 Å². The number of ether oxygens (including phenoxy) is 2. The van der Waals surface area contributed by atoms with E-state index in [1.165, 1.54) is 13.2 Å². The van der Waals surface area contributed by atoms with E-state index in [2.05, 4.69) is 5.32 Å². The number of esters is 1. The Kier molecular flexibility index (Phi) is 10.3. The Hall–Kier alpha value is -5.11. The molecule has 8 nitrogen and oxygen atoms in total. The SMILES string of the molecule is COC(=O)[C@H](Cc1ccc(OCCN(CC2CC2)C(=O)C=Cc2ccco2)cc1)Nc1ccccc1C(=O)c1ccccc1. The van der Waals surface area contributed by atoms with Gasteiger partial charge in [-0.15, -0.1) is 0 Å². The monoisotopic (exact) mass is 592 g/mol. The van der Waals surface area contributed by atoms with E-state index in [9.17, 15) is 14.4 Å². The van der Waals surface area contributed by atoms with Gasteiger partial charge in [-0.1, -0.05) is 54.6 Å². The Bertz CT molecular complexity index is 1560. The standard InChI is InChI=1S/C36H36N2O6/c1-42-36(41)33(37-32-12-6-5-11-31(32)35(40)28-8-3-2-4-9-28)24-26-15-17-30(18-16-26)44-23-21-38(25-27-13-14-27)34(39)20-19-29-10-7-22-43-29/h2-12,15-20,22,27,33,37H,13-14,21,23-25H2,1H3/t33-/m0/s1. The van der Waals surface area contributed by atoms with E-state index in [4.69, 9.17) is 13.9 Å². The quantitative estimate of drug-likeness (QED) is 0.102. The number of carbonyl (C=O) groups excluding carboxylic acids is 3. The molecule has 0 bridgehead atoms. The van der Waals surface area contributed by atoms with Crippen LogP contribution in [0.1, 0.15) is 40.1 Å². The van der Waals surface area contributed by atoms with Crippen molar-refractivity contribution in [3.8, 4) is 5.75 Å². The van der Waals surface area contributed by atoms with Crippen molar-refractivity contribution < 1.29 is 28.3 Å². The fourth-order valence-electron chi connectivity index (χ4n) is 4.85. The lowest BCUT2D eigenvalue weighted by atomic mass is 10.00. The molecule has 1 fully saturated rings. The largest absolute Gasteiger partial charge is 0.492 e. The molecule has 0 radical (unpaired) electrons. The molecule has 1 aliphatic rings. The first-order valence-corrected chi connectivity index (χ1v) is 14.8. The predicted octanol–water partition coefficient (Wildman–Crippen LogP) is 6.04. The lowest BCUT2D eigenvalue weighted by molar-refractivity contribution is -0.141. The summed E-state index contributed by atoms with van der Waals surface area (Å²) in [5, 5.41) is 3.23. The van der Waals surface area contributed by atoms with Crippen molar-refractivity contribution in [1.29, 1.82) is 0 Å². The van der Waals surface area contributed by atoms with E-state index in [0.717, 1.165) is 18.4 Å². The molecule has 1 heterocycles. The molecule has 0 saturated heterocycles. The molecule has 226 valence electrons. The predicted molar refractivity (Wildman–Crippen MR) is 168 cm³/mol. The Morgan fingerprint density at radius 2 is 1.70 bits per heavy atom. The van der Waals surface area contributed by atoms with Gasteiger partial charge in [-0.25, -0.2) is 4.79 Å². The third-order valence-electron chi connectivity index (χ3n) is 7.44. The van der Waals surface area contributed by atoms with Crippen LogP contribution in [-0.4, -0.2) is 55.4 Å². The van der Waals surface area contributed by atoms with Crippen LogP contribution in [0, 0.1) is 5.92 Å². The van der Waals surface area contributed by atoms with Gasteiger partial charge < -0.3 is 24.1 Å². The zero-order valence-corrected chi connectivity index (χ0v) is 24.7. The Morgan fingerprint density at radius 1 is 0.955 bits per heavy atom. The number of nitrogens with one attached hydrogen (secondary N) is 1. The molecule has 44 heavy (non-hydrogen) atoms. The van der Waals surface area contributed by atoms with Crippen LogP contribution in [0.4, 0.5) is 5.69 Å². The van der Waals surface area contributed by atoms with E-state index < -0.39 is 12.0 Å². The number of rotatable bonds is 15. The summed E-state index contributed by atoms with van der Waals surface area (Å²) in [6, 6.07) is 26.5. The van der Waals surface area contributed by atoms with Crippen molar-refractivity contribution in [3.63, 3.8) is 0 Å². The Morgan fingerprint density at radius 3 is 2.41 bits per heavy atom. The molecule has 1 amide bonds. The van der Waals surface area contributed by atoms with Gasteiger partial charge in [0.25, 0.3) is 0 Å². The summed E-state index contributed by atoms with van der Waals surface area (Å²) in [6.45, 7) is 1.53. The van der Waals surface area contributed by atoms with Crippen molar-refractivity contribution in [2.75, 3.05) is 32.1 Å². The number of methoxy groups -OCH3 is 1. The molecular weight excluding hydrogens is 556 g/mol. The summed E-state index contributed by atoms with van der Waals surface area (Å²) in [5.74, 6) is 1.21. The van der Waals surface area contributed by atoms with E-state index in [0.29, 0.717) is 60.4 Å². The van der Waals surface area contributed by atoms with E-state index in [1.807, 2.05) is 53.4 Å². The van der Waals surface area contributed by atoms with Crippen LogP contribution in [0.3, 0.4) is 0 Å². The molecule has 5 rings (SSSR count). The Labute approximate surface area is 257 Å². The highest BCUT2D eigenvalue weighted by atomic mass is 16.5. The number of ketones is 1. The number of hydrogen-bond donors (Lipinski definition) is 1. The zero-order chi connectivity index (χ0) is 30.7. The molecule has 1 atom stereocenters. The van der Waals surface area contributed by atoms with E-state index in [1.54, 1.807) is 54.8 Å². The van der Waals surface area contributed by atoms with Crippen LogP contribution in [-0.2, 0) is 20.7 Å². The second-order valence-corrected chi connectivity index (χ2v) is 10.7. The molecule has 1 aromatic heterocycles. The highest BCUT2D eigenvalue weighted by Crippen LogP contribution is 2.30. The minimum Gasteiger partial charge on any atom is -0.492 e. The highest BCUT2D eigenvalue weighted by molar-refractivity contribution is 6.12. The molecule has 0 aliphatic heterocycles. The summed E-state index contributed by atoms with van der Waals surface area (Å²) in [7, 11) is 1.35. The fourth-order valence-corrected chi connectivity index (χ4v) is 4.85. The van der Waals surface area contributed by atoms with Gasteiger partial charge in [-0.05, 0) is 66.8 Å². The molecule has 8 heteroatoms. The number of anilines is 1. The molecular formula is C36H36N2O6. The average molecular weight is 593 g/mol. The number of benzene rings is 3. The minimum absolute atomic E-state index is 0.0689. The topological polar surface area (TPSA) is 98.1 Å². The van der Waals surface area contributed by atoms with Crippen LogP contribution in [0.2, 0.25) is 0 Å². The van der Waals surface area contributed by atoms with E-state index >= 15 is 0 Å².